The number of hydrogen-bond acceptors (Lipinski definition) is 7. The van der Waals surface area contributed by atoms with Crippen LogP contribution >= 0.6 is 0 Å². The molecule has 3 aromatic heterocycles. The maximum Gasteiger partial charge on any atom is 0.277 e. The molecule has 33 heavy (non-hydrogen) atoms. The molecule has 1 aliphatic heterocycles. The Kier molecular flexibility index (Phi) is 4.35. The third-order valence-electron chi connectivity index (χ3n) is 5.51. The van der Waals surface area contributed by atoms with Gasteiger partial charge in [-0.1, -0.05) is 30.3 Å². The summed E-state index contributed by atoms with van der Waals surface area (Å²) in [6, 6.07) is 16.6. The van der Waals surface area contributed by atoms with E-state index in [0.29, 0.717) is 52.8 Å². The zero-order valence-electron chi connectivity index (χ0n) is 17.2. The molecule has 0 bridgehead atoms. The molecule has 0 unspecified atom stereocenters. The van der Waals surface area contributed by atoms with Crippen molar-refractivity contribution in [3.63, 3.8) is 0 Å². The van der Waals surface area contributed by atoms with Gasteiger partial charge < -0.3 is 14.8 Å². The number of pyridine rings is 1. The van der Waals surface area contributed by atoms with Crippen LogP contribution in [0, 0.1) is 0 Å². The highest BCUT2D eigenvalue weighted by atomic mass is 16.6. The molecule has 0 fully saturated rings. The number of H-pyrrole nitrogens is 2. The van der Waals surface area contributed by atoms with E-state index in [-0.39, 0.29) is 11.5 Å². The van der Waals surface area contributed by atoms with Crippen LogP contribution in [0.3, 0.4) is 0 Å². The molecule has 0 spiro atoms. The maximum absolute atomic E-state index is 13.3. The topological polar surface area (TPSA) is 127 Å². The monoisotopic (exact) mass is 442 g/mol. The molecule has 3 N–H and O–H groups in total. The van der Waals surface area contributed by atoms with Crippen LogP contribution < -0.4 is 25.9 Å². The van der Waals surface area contributed by atoms with Gasteiger partial charge in [-0.15, -0.1) is 0 Å². The lowest BCUT2D eigenvalue weighted by Gasteiger charge is -2.26. The lowest BCUT2D eigenvalue weighted by atomic mass is 10.2. The predicted molar refractivity (Wildman–Crippen MR) is 122 cm³/mol. The Morgan fingerprint density at radius 2 is 1.82 bits per heavy atom. The highest BCUT2D eigenvalue weighted by Crippen LogP contribution is 2.31. The summed E-state index contributed by atoms with van der Waals surface area (Å²) in [7, 11) is 0. The van der Waals surface area contributed by atoms with Crippen LogP contribution in [0.25, 0.3) is 27.6 Å². The number of rotatable bonds is 4. The van der Waals surface area contributed by atoms with E-state index in [0.717, 1.165) is 0 Å². The van der Waals surface area contributed by atoms with Gasteiger partial charge in [0.15, 0.2) is 17.1 Å². The number of nitrogens with zero attached hydrogens (tertiary/aromatic N) is 3. The smallest absolute Gasteiger partial charge is 0.277 e. The fourth-order valence-electron chi connectivity index (χ4n) is 3.96. The number of anilines is 1. The Balaban J connectivity index is 1.40. The lowest BCUT2D eigenvalue weighted by Crippen LogP contribution is -2.35. The van der Waals surface area contributed by atoms with Crippen LogP contribution in [0.2, 0.25) is 0 Å². The second kappa shape index (κ2) is 7.52. The summed E-state index contributed by atoms with van der Waals surface area (Å²) in [4.78, 5) is 34.5. The van der Waals surface area contributed by atoms with Gasteiger partial charge in [0.1, 0.15) is 18.1 Å². The molecule has 10 heteroatoms. The number of ether oxygens (including phenoxy) is 2. The van der Waals surface area contributed by atoms with Gasteiger partial charge in [0, 0.05) is 6.20 Å². The molecule has 6 rings (SSSR count). The van der Waals surface area contributed by atoms with Crippen LogP contribution in [0.5, 0.6) is 11.5 Å². The van der Waals surface area contributed by atoms with E-state index in [1.165, 1.54) is 4.57 Å². The fraction of sp³-hybridized carbons (Fsp3) is 0.130. The van der Waals surface area contributed by atoms with Crippen LogP contribution in [0.4, 0.5) is 5.95 Å². The molecule has 0 radical (unpaired) electrons. The van der Waals surface area contributed by atoms with E-state index in [1.807, 2.05) is 42.5 Å². The summed E-state index contributed by atoms with van der Waals surface area (Å²) in [5, 5.41) is 9.00. The first kappa shape index (κ1) is 19.1. The average Bonchev–Trinajstić information content (AvgIpc) is 3.25. The minimum atomic E-state index is -0.487. The predicted octanol–water partition coefficient (Wildman–Crippen LogP) is 2.20. The SMILES string of the molecule is O=c1[nH][nH]c2c1c(=O)n(-c1ccccc1)c1nc(NC[C@H]3COc4ccccc4O3)ncc21. The molecular weight excluding hydrogens is 424 g/mol. The molecule has 0 aliphatic carbocycles. The van der Waals surface area contributed by atoms with Gasteiger partial charge in [0.05, 0.1) is 23.1 Å². The Labute approximate surface area is 185 Å². The molecule has 0 saturated carbocycles. The summed E-state index contributed by atoms with van der Waals surface area (Å²) in [5.74, 6) is 1.73. The second-order valence-electron chi connectivity index (χ2n) is 7.61. The Bertz CT molecular complexity index is 1600. The standard InChI is InChI=1S/C23H18N6O4/c30-21-18-19(27-28-21)15-11-25-23(24-10-14-12-32-16-8-4-5-9-17(16)33-14)26-20(15)29(22(18)31)13-6-2-1-3-7-13/h1-9,11,14H,10,12H2,(H,24,25,26)(H2,27,28,30)/t14-/m0/s1. The van der Waals surface area contributed by atoms with E-state index < -0.39 is 11.1 Å². The Morgan fingerprint density at radius 1 is 1.03 bits per heavy atom. The van der Waals surface area contributed by atoms with Crippen molar-refractivity contribution >= 4 is 27.9 Å². The van der Waals surface area contributed by atoms with Crippen LogP contribution in [-0.2, 0) is 0 Å². The Hall–Kier alpha value is -4.60. The van der Waals surface area contributed by atoms with Gasteiger partial charge in [-0.3, -0.25) is 24.4 Å². The van der Waals surface area contributed by atoms with Gasteiger partial charge in [0.2, 0.25) is 5.95 Å². The van der Waals surface area contributed by atoms with Crippen LogP contribution in [0.15, 0.2) is 70.4 Å². The van der Waals surface area contributed by atoms with Crippen molar-refractivity contribution in [2.45, 2.75) is 6.10 Å². The summed E-state index contributed by atoms with van der Waals surface area (Å²) in [5.41, 5.74) is 0.396. The van der Waals surface area contributed by atoms with Crippen molar-refractivity contribution in [3.05, 3.63) is 81.5 Å². The van der Waals surface area contributed by atoms with Gasteiger partial charge in [-0.05, 0) is 24.3 Å². The number of hydrogen-bond donors (Lipinski definition) is 3. The molecule has 164 valence electrons. The van der Waals surface area contributed by atoms with E-state index in [2.05, 4.69) is 25.5 Å². The molecule has 0 saturated heterocycles. The van der Waals surface area contributed by atoms with Crippen molar-refractivity contribution in [2.24, 2.45) is 0 Å². The first-order chi connectivity index (χ1) is 16.2. The normalized spacial score (nSPS) is 15.1. The number of aromatic amines is 2. The van der Waals surface area contributed by atoms with E-state index in [4.69, 9.17) is 9.47 Å². The zero-order chi connectivity index (χ0) is 22.4. The zero-order valence-corrected chi connectivity index (χ0v) is 17.2. The number of para-hydroxylation sites is 3. The van der Waals surface area contributed by atoms with Crippen LogP contribution in [0.1, 0.15) is 0 Å². The first-order valence-corrected chi connectivity index (χ1v) is 10.4. The van der Waals surface area contributed by atoms with Crippen molar-refractivity contribution in [1.82, 2.24) is 24.7 Å². The van der Waals surface area contributed by atoms with Crippen molar-refractivity contribution in [1.29, 1.82) is 0 Å². The lowest BCUT2D eigenvalue weighted by molar-refractivity contribution is 0.0996. The van der Waals surface area contributed by atoms with Crippen molar-refractivity contribution in [3.8, 4) is 17.2 Å². The van der Waals surface area contributed by atoms with Gasteiger partial charge in [-0.2, -0.15) is 4.98 Å². The molecule has 1 aliphatic rings. The van der Waals surface area contributed by atoms with E-state index in [1.54, 1.807) is 18.3 Å². The van der Waals surface area contributed by atoms with Crippen LogP contribution in [-0.4, -0.2) is 44.0 Å². The minimum Gasteiger partial charge on any atom is -0.486 e. The third-order valence-corrected chi connectivity index (χ3v) is 5.51. The number of aromatic nitrogens is 5. The fourth-order valence-corrected chi connectivity index (χ4v) is 3.96. The third kappa shape index (κ3) is 3.19. The maximum atomic E-state index is 13.3. The average molecular weight is 442 g/mol. The highest BCUT2D eigenvalue weighted by Gasteiger charge is 2.22. The number of nitrogens with one attached hydrogen (secondary N) is 3. The summed E-state index contributed by atoms with van der Waals surface area (Å²) in [6.45, 7) is 0.788. The summed E-state index contributed by atoms with van der Waals surface area (Å²) < 4.78 is 13.1. The molecule has 2 aromatic carbocycles. The molecule has 0 amide bonds. The minimum absolute atomic E-state index is 0.0297. The molecular formula is C23H18N6O4. The number of benzene rings is 2. The molecule has 10 nitrogen and oxygen atoms in total. The second-order valence-corrected chi connectivity index (χ2v) is 7.61. The van der Waals surface area contributed by atoms with E-state index >= 15 is 0 Å². The summed E-state index contributed by atoms with van der Waals surface area (Å²) in [6.07, 6.45) is 1.35. The largest absolute Gasteiger partial charge is 0.486 e. The highest BCUT2D eigenvalue weighted by molar-refractivity contribution is 6.01. The molecule has 4 heterocycles. The van der Waals surface area contributed by atoms with Gasteiger partial charge in [-0.25, -0.2) is 4.98 Å². The quantitative estimate of drug-likeness (QED) is 0.389. The molecule has 1 atom stereocenters. The number of fused-ring (bicyclic) bond motifs is 4. The van der Waals surface area contributed by atoms with Crippen molar-refractivity contribution in [2.75, 3.05) is 18.5 Å². The van der Waals surface area contributed by atoms with Crippen molar-refractivity contribution < 1.29 is 9.47 Å². The first-order valence-electron chi connectivity index (χ1n) is 10.4. The van der Waals surface area contributed by atoms with Gasteiger partial charge >= 0.3 is 0 Å². The molecule has 5 aromatic rings. The van der Waals surface area contributed by atoms with Gasteiger partial charge in [0.25, 0.3) is 11.1 Å². The Morgan fingerprint density at radius 3 is 2.67 bits per heavy atom. The summed E-state index contributed by atoms with van der Waals surface area (Å²) >= 11 is 0. The van der Waals surface area contributed by atoms with E-state index in [9.17, 15) is 9.59 Å².